The number of nitrogens with two attached hydrogens (primary N) is 1. The van der Waals surface area contributed by atoms with E-state index < -0.39 is 0 Å². The van der Waals surface area contributed by atoms with Gasteiger partial charge in [-0.25, -0.2) is 4.98 Å². The summed E-state index contributed by atoms with van der Waals surface area (Å²) in [4.78, 5) is 17.5. The van der Waals surface area contributed by atoms with Gasteiger partial charge in [0.25, 0.3) is 0 Å². The Bertz CT molecular complexity index is 838. The highest BCUT2D eigenvalue weighted by atomic mass is 15.2. The number of imidazole rings is 1. The standard InChI is InChI=1S/C16H21N7/c1-9(2)13-20-15(17)22-16(21-13)18-10(3)14-19-11-7-5-6-8-12(11)23(14)4/h5-10H,1-4H3,(H3,17,18,20,21,22). The molecule has 3 rings (SSSR count). The van der Waals surface area contributed by atoms with Crippen LogP contribution in [0.25, 0.3) is 11.0 Å². The number of benzene rings is 1. The number of nitrogen functional groups attached to an aromatic ring is 1. The Morgan fingerprint density at radius 1 is 1.04 bits per heavy atom. The van der Waals surface area contributed by atoms with E-state index in [0.717, 1.165) is 16.9 Å². The van der Waals surface area contributed by atoms with Gasteiger partial charge in [-0.05, 0) is 19.1 Å². The van der Waals surface area contributed by atoms with Gasteiger partial charge in [-0.15, -0.1) is 0 Å². The van der Waals surface area contributed by atoms with Crippen LogP contribution in [0.2, 0.25) is 0 Å². The average Bonchev–Trinajstić information content (AvgIpc) is 2.84. The number of nitrogens with zero attached hydrogens (tertiary/aromatic N) is 5. The van der Waals surface area contributed by atoms with Crippen LogP contribution < -0.4 is 11.1 Å². The lowest BCUT2D eigenvalue weighted by molar-refractivity contribution is 0.714. The zero-order valence-electron chi connectivity index (χ0n) is 13.8. The van der Waals surface area contributed by atoms with E-state index >= 15 is 0 Å². The lowest BCUT2D eigenvalue weighted by Gasteiger charge is -2.15. The summed E-state index contributed by atoms with van der Waals surface area (Å²) in [7, 11) is 2.00. The molecule has 0 saturated carbocycles. The molecule has 0 fully saturated rings. The second-order valence-corrected chi connectivity index (χ2v) is 5.91. The van der Waals surface area contributed by atoms with E-state index in [-0.39, 0.29) is 17.9 Å². The van der Waals surface area contributed by atoms with Crippen molar-refractivity contribution in [2.45, 2.75) is 32.7 Å². The van der Waals surface area contributed by atoms with Crippen molar-refractivity contribution in [2.24, 2.45) is 7.05 Å². The van der Waals surface area contributed by atoms with Crippen LogP contribution in [0.4, 0.5) is 11.9 Å². The number of hydrogen-bond acceptors (Lipinski definition) is 6. The third-order valence-electron chi connectivity index (χ3n) is 3.74. The second-order valence-electron chi connectivity index (χ2n) is 5.91. The van der Waals surface area contributed by atoms with Crippen molar-refractivity contribution < 1.29 is 0 Å². The summed E-state index contributed by atoms with van der Waals surface area (Å²) in [5.74, 6) is 2.48. The van der Waals surface area contributed by atoms with Crippen molar-refractivity contribution in [3.63, 3.8) is 0 Å². The first-order valence-electron chi connectivity index (χ1n) is 7.65. The minimum Gasteiger partial charge on any atom is -0.368 e. The zero-order chi connectivity index (χ0) is 16.6. The van der Waals surface area contributed by atoms with Crippen LogP contribution in [-0.4, -0.2) is 24.5 Å². The van der Waals surface area contributed by atoms with E-state index in [1.807, 2.05) is 46.0 Å². The highest BCUT2D eigenvalue weighted by Crippen LogP contribution is 2.22. The number of hydrogen-bond donors (Lipinski definition) is 2. The summed E-state index contributed by atoms with van der Waals surface area (Å²) < 4.78 is 2.07. The van der Waals surface area contributed by atoms with E-state index in [2.05, 4.69) is 35.9 Å². The largest absolute Gasteiger partial charge is 0.368 e. The minimum absolute atomic E-state index is 0.0609. The van der Waals surface area contributed by atoms with Crippen LogP contribution in [0.3, 0.4) is 0 Å². The molecule has 120 valence electrons. The fraction of sp³-hybridized carbons (Fsp3) is 0.375. The number of para-hydroxylation sites is 2. The van der Waals surface area contributed by atoms with Gasteiger partial charge in [-0.3, -0.25) is 0 Å². The van der Waals surface area contributed by atoms with Gasteiger partial charge < -0.3 is 15.6 Å². The Labute approximate surface area is 135 Å². The first kappa shape index (κ1) is 15.2. The molecule has 0 aliphatic carbocycles. The molecule has 7 nitrogen and oxygen atoms in total. The molecular weight excluding hydrogens is 290 g/mol. The molecule has 3 N–H and O–H groups in total. The second kappa shape index (κ2) is 5.83. The fourth-order valence-corrected chi connectivity index (χ4v) is 2.54. The third kappa shape index (κ3) is 2.94. The molecule has 0 saturated heterocycles. The van der Waals surface area contributed by atoms with Gasteiger partial charge >= 0.3 is 0 Å². The maximum absolute atomic E-state index is 5.78. The predicted molar refractivity (Wildman–Crippen MR) is 91.1 cm³/mol. The van der Waals surface area contributed by atoms with E-state index in [0.29, 0.717) is 11.8 Å². The topological polar surface area (TPSA) is 94.5 Å². The van der Waals surface area contributed by atoms with E-state index in [4.69, 9.17) is 5.73 Å². The predicted octanol–water partition coefficient (Wildman–Crippen LogP) is 2.64. The van der Waals surface area contributed by atoms with Crippen LogP contribution in [0.15, 0.2) is 24.3 Å². The van der Waals surface area contributed by atoms with Crippen LogP contribution >= 0.6 is 0 Å². The van der Waals surface area contributed by atoms with Gasteiger partial charge in [0.15, 0.2) is 0 Å². The van der Waals surface area contributed by atoms with E-state index in [1.165, 1.54) is 0 Å². The molecule has 23 heavy (non-hydrogen) atoms. The van der Waals surface area contributed by atoms with Crippen molar-refractivity contribution in [3.8, 4) is 0 Å². The number of aromatic nitrogens is 5. The van der Waals surface area contributed by atoms with E-state index in [9.17, 15) is 0 Å². The van der Waals surface area contributed by atoms with Gasteiger partial charge in [-0.1, -0.05) is 26.0 Å². The molecule has 0 aliphatic rings. The van der Waals surface area contributed by atoms with Crippen molar-refractivity contribution >= 4 is 22.9 Å². The maximum Gasteiger partial charge on any atom is 0.228 e. The zero-order valence-corrected chi connectivity index (χ0v) is 13.8. The third-order valence-corrected chi connectivity index (χ3v) is 3.74. The lowest BCUT2D eigenvalue weighted by Crippen LogP contribution is -2.16. The highest BCUT2D eigenvalue weighted by molar-refractivity contribution is 5.75. The number of anilines is 2. The Morgan fingerprint density at radius 2 is 1.78 bits per heavy atom. The SMILES string of the molecule is CC(C)c1nc(N)nc(NC(C)c2nc3ccccc3n2C)n1. The first-order valence-corrected chi connectivity index (χ1v) is 7.65. The molecule has 1 aromatic carbocycles. The molecule has 2 heterocycles. The molecule has 3 aromatic rings. The van der Waals surface area contributed by atoms with Crippen LogP contribution in [0.1, 0.15) is 44.4 Å². The first-order chi connectivity index (χ1) is 11.0. The molecule has 1 atom stereocenters. The van der Waals surface area contributed by atoms with Crippen molar-refractivity contribution in [1.29, 1.82) is 0 Å². The van der Waals surface area contributed by atoms with Gasteiger partial charge in [0.1, 0.15) is 11.6 Å². The van der Waals surface area contributed by atoms with Crippen molar-refractivity contribution in [3.05, 3.63) is 35.9 Å². The van der Waals surface area contributed by atoms with Gasteiger partial charge in [0.2, 0.25) is 11.9 Å². The van der Waals surface area contributed by atoms with E-state index in [1.54, 1.807) is 0 Å². The molecule has 0 amide bonds. The van der Waals surface area contributed by atoms with Gasteiger partial charge in [-0.2, -0.15) is 15.0 Å². The monoisotopic (exact) mass is 311 g/mol. The Balaban J connectivity index is 1.91. The maximum atomic E-state index is 5.78. The van der Waals surface area contributed by atoms with Gasteiger partial charge in [0, 0.05) is 13.0 Å². The average molecular weight is 311 g/mol. The van der Waals surface area contributed by atoms with Crippen molar-refractivity contribution in [1.82, 2.24) is 24.5 Å². The number of fused-ring (bicyclic) bond motifs is 1. The Kier molecular flexibility index (Phi) is 3.85. The molecule has 0 radical (unpaired) electrons. The molecule has 1 unspecified atom stereocenters. The normalized spacial score (nSPS) is 12.7. The Hall–Kier alpha value is -2.70. The summed E-state index contributed by atoms with van der Waals surface area (Å²) in [5, 5.41) is 3.27. The number of aryl methyl sites for hydroxylation is 1. The Morgan fingerprint density at radius 3 is 2.48 bits per heavy atom. The van der Waals surface area contributed by atoms with Crippen LogP contribution in [0, 0.1) is 0 Å². The molecule has 0 aliphatic heterocycles. The number of nitrogens with one attached hydrogen (secondary N) is 1. The van der Waals surface area contributed by atoms with Crippen molar-refractivity contribution in [2.75, 3.05) is 11.1 Å². The molecule has 7 heteroatoms. The highest BCUT2D eigenvalue weighted by Gasteiger charge is 2.16. The smallest absolute Gasteiger partial charge is 0.228 e. The summed E-state index contributed by atoms with van der Waals surface area (Å²) in [6, 6.07) is 7.99. The summed E-state index contributed by atoms with van der Waals surface area (Å²) >= 11 is 0. The molecular formula is C16H21N7. The van der Waals surface area contributed by atoms with Crippen LogP contribution in [0.5, 0.6) is 0 Å². The summed E-state index contributed by atoms with van der Waals surface area (Å²) in [6.07, 6.45) is 0. The van der Waals surface area contributed by atoms with Crippen LogP contribution in [-0.2, 0) is 7.05 Å². The lowest BCUT2D eigenvalue weighted by atomic mass is 10.2. The molecule has 0 spiro atoms. The van der Waals surface area contributed by atoms with Gasteiger partial charge in [0.05, 0.1) is 17.1 Å². The fourth-order valence-electron chi connectivity index (χ4n) is 2.54. The quantitative estimate of drug-likeness (QED) is 0.769. The molecule has 2 aromatic heterocycles. The summed E-state index contributed by atoms with van der Waals surface area (Å²) in [5.41, 5.74) is 7.84. The minimum atomic E-state index is -0.0609. The number of rotatable bonds is 4. The molecule has 0 bridgehead atoms. The summed E-state index contributed by atoms with van der Waals surface area (Å²) in [6.45, 7) is 6.07.